The first-order valence-electron chi connectivity index (χ1n) is 5.43. The van der Waals surface area contributed by atoms with Crippen molar-refractivity contribution < 1.29 is 19.7 Å². The van der Waals surface area contributed by atoms with E-state index >= 15 is 0 Å². The van der Waals surface area contributed by atoms with Crippen LogP contribution in [0.2, 0.25) is 0 Å². The third-order valence-electron chi connectivity index (χ3n) is 2.19. The lowest BCUT2D eigenvalue weighted by molar-refractivity contribution is 0.0527. The summed E-state index contributed by atoms with van der Waals surface area (Å²) in [6, 6.07) is 5.52. The van der Waals surface area contributed by atoms with Crippen LogP contribution in [-0.2, 0) is 0 Å². The van der Waals surface area contributed by atoms with Gasteiger partial charge in [-0.2, -0.15) is 0 Å². The zero-order valence-corrected chi connectivity index (χ0v) is 10.1. The molecule has 17 heavy (non-hydrogen) atoms. The van der Waals surface area contributed by atoms with Gasteiger partial charge in [-0.3, -0.25) is 0 Å². The monoisotopic (exact) mass is 238 g/mol. The Morgan fingerprint density at radius 2 is 2.12 bits per heavy atom. The molecule has 1 atom stereocenters. The topological polar surface area (TPSA) is 58.9 Å². The van der Waals surface area contributed by atoms with Gasteiger partial charge in [0.15, 0.2) is 11.5 Å². The van der Waals surface area contributed by atoms with Gasteiger partial charge in [0.25, 0.3) is 0 Å². The third-order valence-corrected chi connectivity index (χ3v) is 2.19. The number of rotatable bonds is 6. The molecule has 0 heterocycles. The molecule has 94 valence electrons. The summed E-state index contributed by atoms with van der Waals surface area (Å²) < 4.78 is 10.5. The highest BCUT2D eigenvalue weighted by molar-refractivity contribution is 5.55. The fourth-order valence-electron chi connectivity index (χ4n) is 1.34. The van der Waals surface area contributed by atoms with Crippen molar-refractivity contribution in [2.24, 2.45) is 0 Å². The van der Waals surface area contributed by atoms with Gasteiger partial charge in [0.1, 0.15) is 12.7 Å². The molecule has 4 heteroatoms. The first kappa shape index (κ1) is 13.5. The Morgan fingerprint density at radius 1 is 1.35 bits per heavy atom. The van der Waals surface area contributed by atoms with E-state index in [1.165, 1.54) is 0 Å². The number of aliphatic hydroxyl groups is 2. The minimum atomic E-state index is -0.880. The molecule has 0 radical (unpaired) electrons. The van der Waals surface area contributed by atoms with Crippen LogP contribution in [0.25, 0.3) is 6.08 Å². The van der Waals surface area contributed by atoms with Gasteiger partial charge in [-0.25, -0.2) is 0 Å². The molecular weight excluding hydrogens is 220 g/mol. The highest BCUT2D eigenvalue weighted by Gasteiger charge is 2.08. The van der Waals surface area contributed by atoms with E-state index < -0.39 is 6.10 Å². The van der Waals surface area contributed by atoms with Crippen molar-refractivity contribution in [1.29, 1.82) is 0 Å². The molecule has 0 aromatic heterocycles. The lowest BCUT2D eigenvalue weighted by Gasteiger charge is -2.13. The maximum Gasteiger partial charge on any atom is 0.161 e. The van der Waals surface area contributed by atoms with Gasteiger partial charge in [0.2, 0.25) is 0 Å². The number of allylic oxidation sites excluding steroid dienone is 1. The Hall–Kier alpha value is -1.52. The normalized spacial score (nSPS) is 12.7. The van der Waals surface area contributed by atoms with E-state index in [-0.39, 0.29) is 13.2 Å². The van der Waals surface area contributed by atoms with E-state index in [1.807, 2.05) is 31.2 Å². The van der Waals surface area contributed by atoms with E-state index in [9.17, 15) is 5.11 Å². The molecule has 0 amide bonds. The number of hydrogen-bond acceptors (Lipinski definition) is 4. The average molecular weight is 238 g/mol. The molecule has 0 spiro atoms. The van der Waals surface area contributed by atoms with Crippen LogP contribution < -0.4 is 9.47 Å². The fraction of sp³-hybridized carbons (Fsp3) is 0.385. The van der Waals surface area contributed by atoms with Crippen LogP contribution in [0, 0.1) is 0 Å². The molecule has 1 aromatic carbocycles. The molecule has 2 N–H and O–H groups in total. The second kappa shape index (κ2) is 6.93. The van der Waals surface area contributed by atoms with Crippen molar-refractivity contribution >= 4 is 6.08 Å². The summed E-state index contributed by atoms with van der Waals surface area (Å²) in [7, 11) is 1.56. The third kappa shape index (κ3) is 4.09. The first-order valence-corrected chi connectivity index (χ1v) is 5.43. The van der Waals surface area contributed by atoms with Crippen LogP contribution in [0.5, 0.6) is 11.5 Å². The number of aliphatic hydroxyl groups excluding tert-OH is 2. The van der Waals surface area contributed by atoms with Gasteiger partial charge in [-0.1, -0.05) is 18.2 Å². The zero-order valence-electron chi connectivity index (χ0n) is 10.1. The summed E-state index contributed by atoms with van der Waals surface area (Å²) in [4.78, 5) is 0. The lowest BCUT2D eigenvalue weighted by atomic mass is 10.2. The molecule has 1 aromatic rings. The van der Waals surface area contributed by atoms with E-state index in [0.717, 1.165) is 5.56 Å². The first-order chi connectivity index (χ1) is 8.21. The van der Waals surface area contributed by atoms with Gasteiger partial charge >= 0.3 is 0 Å². The summed E-state index contributed by atoms with van der Waals surface area (Å²) in [6.07, 6.45) is 3.01. The van der Waals surface area contributed by atoms with Crippen molar-refractivity contribution in [3.63, 3.8) is 0 Å². The Balaban J connectivity index is 2.78. The average Bonchev–Trinajstić information content (AvgIpc) is 2.36. The highest BCUT2D eigenvalue weighted by atomic mass is 16.5. The van der Waals surface area contributed by atoms with Crippen LogP contribution in [0.3, 0.4) is 0 Å². The molecule has 0 saturated heterocycles. The molecule has 4 nitrogen and oxygen atoms in total. The summed E-state index contributed by atoms with van der Waals surface area (Å²) >= 11 is 0. The summed E-state index contributed by atoms with van der Waals surface area (Å²) in [5.74, 6) is 1.15. The lowest BCUT2D eigenvalue weighted by Crippen LogP contribution is -2.21. The predicted octanol–water partition coefficient (Wildman–Crippen LogP) is 1.46. The van der Waals surface area contributed by atoms with Gasteiger partial charge in [0, 0.05) is 0 Å². The predicted molar refractivity (Wildman–Crippen MR) is 66.3 cm³/mol. The second-order valence-electron chi connectivity index (χ2n) is 3.56. The molecular formula is C13H18O4. The van der Waals surface area contributed by atoms with Crippen molar-refractivity contribution in [1.82, 2.24) is 0 Å². The van der Waals surface area contributed by atoms with Crippen LogP contribution >= 0.6 is 0 Å². The Kier molecular flexibility index (Phi) is 5.52. The molecule has 0 bridgehead atoms. The Bertz CT molecular complexity index is 374. The molecule has 0 fully saturated rings. The van der Waals surface area contributed by atoms with E-state index in [1.54, 1.807) is 13.2 Å². The van der Waals surface area contributed by atoms with Crippen molar-refractivity contribution in [3.8, 4) is 11.5 Å². The fourth-order valence-corrected chi connectivity index (χ4v) is 1.34. The van der Waals surface area contributed by atoms with Crippen LogP contribution in [0.1, 0.15) is 12.5 Å². The van der Waals surface area contributed by atoms with E-state index in [0.29, 0.717) is 11.5 Å². The van der Waals surface area contributed by atoms with Gasteiger partial charge < -0.3 is 19.7 Å². The smallest absolute Gasteiger partial charge is 0.161 e. The number of benzene rings is 1. The van der Waals surface area contributed by atoms with Crippen LogP contribution in [0.4, 0.5) is 0 Å². The summed E-state index contributed by atoms with van der Waals surface area (Å²) in [6.45, 7) is 1.66. The Morgan fingerprint density at radius 3 is 2.71 bits per heavy atom. The molecule has 1 unspecified atom stereocenters. The summed E-state index contributed by atoms with van der Waals surface area (Å²) in [5.41, 5.74) is 1.01. The summed E-state index contributed by atoms with van der Waals surface area (Å²) in [5, 5.41) is 17.9. The minimum absolute atomic E-state index is 0.0375. The molecule has 0 aliphatic rings. The molecule has 0 saturated carbocycles. The standard InChI is InChI=1S/C13H18O4/c1-3-4-10-5-6-12(13(7-10)16-2)17-9-11(15)8-14/h3-7,11,14-15H,8-9H2,1-2H3. The number of methoxy groups -OCH3 is 1. The quantitative estimate of drug-likeness (QED) is 0.787. The highest BCUT2D eigenvalue weighted by Crippen LogP contribution is 2.28. The SMILES string of the molecule is CC=Cc1ccc(OCC(O)CO)c(OC)c1. The van der Waals surface area contributed by atoms with Crippen LogP contribution in [-0.4, -0.2) is 36.6 Å². The maximum atomic E-state index is 9.19. The molecule has 0 aliphatic carbocycles. The van der Waals surface area contributed by atoms with Crippen molar-refractivity contribution in [2.75, 3.05) is 20.3 Å². The molecule has 0 aliphatic heterocycles. The molecule has 1 rings (SSSR count). The second-order valence-corrected chi connectivity index (χ2v) is 3.56. The van der Waals surface area contributed by atoms with Gasteiger partial charge in [-0.15, -0.1) is 0 Å². The zero-order chi connectivity index (χ0) is 12.7. The van der Waals surface area contributed by atoms with E-state index in [2.05, 4.69) is 0 Å². The largest absolute Gasteiger partial charge is 0.493 e. The van der Waals surface area contributed by atoms with Crippen molar-refractivity contribution in [3.05, 3.63) is 29.8 Å². The number of ether oxygens (including phenoxy) is 2. The van der Waals surface area contributed by atoms with Crippen LogP contribution in [0.15, 0.2) is 24.3 Å². The Labute approximate surface area is 101 Å². The van der Waals surface area contributed by atoms with Gasteiger partial charge in [-0.05, 0) is 24.6 Å². The maximum absolute atomic E-state index is 9.19. The van der Waals surface area contributed by atoms with Gasteiger partial charge in [0.05, 0.1) is 13.7 Å². The van der Waals surface area contributed by atoms with Crippen molar-refractivity contribution in [2.45, 2.75) is 13.0 Å². The number of hydrogen-bond donors (Lipinski definition) is 2. The minimum Gasteiger partial charge on any atom is -0.493 e. The van der Waals surface area contributed by atoms with E-state index in [4.69, 9.17) is 14.6 Å².